The first-order valence-corrected chi connectivity index (χ1v) is 9.65. The Morgan fingerprint density at radius 2 is 1.78 bits per heavy atom. The molecule has 0 aliphatic carbocycles. The fourth-order valence-corrected chi connectivity index (χ4v) is 3.62. The highest BCUT2D eigenvalue weighted by molar-refractivity contribution is 6.42. The molecule has 27 heavy (non-hydrogen) atoms. The Balaban J connectivity index is 1.73. The molecule has 2 aromatic rings. The third-order valence-electron chi connectivity index (χ3n) is 4.73. The van der Waals surface area contributed by atoms with Gasteiger partial charge in [-0.15, -0.1) is 0 Å². The van der Waals surface area contributed by atoms with Crippen LogP contribution in [-0.2, 0) is 11.2 Å². The Hall–Kier alpha value is -1.95. The molecule has 3 rings (SSSR count). The van der Waals surface area contributed by atoms with E-state index in [0.29, 0.717) is 16.6 Å². The van der Waals surface area contributed by atoms with E-state index in [2.05, 4.69) is 10.2 Å². The van der Waals surface area contributed by atoms with Crippen molar-refractivity contribution < 1.29 is 15.0 Å². The standard InChI is InChI=1S/C20H22Cl2N2O3/c21-15-5-3-13(9-16(15)22)10-20(27)23-17(12-24-7-1-2-8-24)14-4-6-18(25)19(26)11-14/h3-6,9,11,17,25-26H,1-2,7-8,10,12H2,(H,23,27)/t17-/m0/s1. The van der Waals surface area contributed by atoms with Crippen molar-refractivity contribution in [3.8, 4) is 11.5 Å². The molecule has 2 aromatic carbocycles. The quantitative estimate of drug-likeness (QED) is 0.633. The van der Waals surface area contributed by atoms with Crippen LogP contribution in [0.25, 0.3) is 0 Å². The summed E-state index contributed by atoms with van der Waals surface area (Å²) in [5.41, 5.74) is 1.52. The fraction of sp³-hybridized carbons (Fsp3) is 0.350. The molecule has 0 saturated carbocycles. The number of phenolic OH excluding ortho intramolecular Hbond substituents is 2. The number of nitrogens with one attached hydrogen (secondary N) is 1. The topological polar surface area (TPSA) is 72.8 Å². The number of phenols is 2. The SMILES string of the molecule is O=C(Cc1ccc(Cl)c(Cl)c1)N[C@@H](CN1CCCC1)c1ccc(O)c(O)c1. The van der Waals surface area contributed by atoms with Gasteiger partial charge in [0.1, 0.15) is 0 Å². The van der Waals surface area contributed by atoms with Gasteiger partial charge in [-0.2, -0.15) is 0 Å². The van der Waals surface area contributed by atoms with Crippen LogP contribution in [0.5, 0.6) is 11.5 Å². The summed E-state index contributed by atoms with van der Waals surface area (Å²) in [5, 5.41) is 23.3. The van der Waals surface area contributed by atoms with Crippen LogP contribution in [0.15, 0.2) is 36.4 Å². The first-order chi connectivity index (χ1) is 12.9. The lowest BCUT2D eigenvalue weighted by Gasteiger charge is -2.25. The van der Waals surface area contributed by atoms with E-state index >= 15 is 0 Å². The molecule has 1 heterocycles. The van der Waals surface area contributed by atoms with Crippen LogP contribution in [0.2, 0.25) is 10.0 Å². The van der Waals surface area contributed by atoms with E-state index in [4.69, 9.17) is 23.2 Å². The number of carbonyl (C=O) groups excluding carboxylic acids is 1. The first-order valence-electron chi connectivity index (χ1n) is 8.90. The summed E-state index contributed by atoms with van der Waals surface area (Å²) in [6.07, 6.45) is 2.47. The average Bonchev–Trinajstić information content (AvgIpc) is 3.13. The van der Waals surface area contributed by atoms with E-state index in [0.717, 1.165) is 37.1 Å². The van der Waals surface area contributed by atoms with Gasteiger partial charge in [-0.05, 0) is 61.3 Å². The van der Waals surface area contributed by atoms with Crippen LogP contribution in [0.4, 0.5) is 0 Å². The summed E-state index contributed by atoms with van der Waals surface area (Å²) in [4.78, 5) is 14.9. The largest absolute Gasteiger partial charge is 0.504 e. The summed E-state index contributed by atoms with van der Waals surface area (Å²) in [5.74, 6) is -0.524. The molecule has 1 amide bonds. The second-order valence-electron chi connectivity index (χ2n) is 6.80. The normalized spacial score (nSPS) is 15.6. The molecule has 1 atom stereocenters. The number of nitrogens with zero attached hydrogens (tertiary/aromatic N) is 1. The minimum absolute atomic E-state index is 0.148. The molecule has 7 heteroatoms. The van der Waals surface area contributed by atoms with Crippen LogP contribution in [0.1, 0.15) is 30.0 Å². The van der Waals surface area contributed by atoms with Gasteiger partial charge in [-0.3, -0.25) is 4.79 Å². The maximum absolute atomic E-state index is 12.6. The summed E-state index contributed by atoms with van der Waals surface area (Å²) >= 11 is 11.9. The predicted octanol–water partition coefficient (Wildman–Crippen LogP) is 3.90. The summed E-state index contributed by atoms with van der Waals surface area (Å²) in [7, 11) is 0. The number of carbonyl (C=O) groups is 1. The molecular formula is C20H22Cl2N2O3. The Morgan fingerprint density at radius 1 is 1.04 bits per heavy atom. The lowest BCUT2D eigenvalue weighted by atomic mass is 10.0. The third-order valence-corrected chi connectivity index (χ3v) is 5.46. The smallest absolute Gasteiger partial charge is 0.224 e. The van der Waals surface area contributed by atoms with Gasteiger partial charge in [0, 0.05) is 6.54 Å². The molecule has 3 N–H and O–H groups in total. The van der Waals surface area contributed by atoms with Crippen molar-refractivity contribution in [3.63, 3.8) is 0 Å². The van der Waals surface area contributed by atoms with E-state index in [-0.39, 0.29) is 29.9 Å². The predicted molar refractivity (Wildman–Crippen MR) is 106 cm³/mol. The molecule has 1 fully saturated rings. The van der Waals surface area contributed by atoms with E-state index in [1.165, 1.54) is 12.1 Å². The minimum Gasteiger partial charge on any atom is -0.504 e. The van der Waals surface area contributed by atoms with Crippen molar-refractivity contribution in [1.82, 2.24) is 10.2 Å². The van der Waals surface area contributed by atoms with Crippen LogP contribution >= 0.6 is 23.2 Å². The molecule has 144 valence electrons. The lowest BCUT2D eigenvalue weighted by molar-refractivity contribution is -0.121. The van der Waals surface area contributed by atoms with Crippen LogP contribution in [0.3, 0.4) is 0 Å². The zero-order chi connectivity index (χ0) is 19.4. The van der Waals surface area contributed by atoms with Crippen LogP contribution < -0.4 is 5.32 Å². The second-order valence-corrected chi connectivity index (χ2v) is 7.62. The molecule has 0 unspecified atom stereocenters. The number of aromatic hydroxyl groups is 2. The monoisotopic (exact) mass is 408 g/mol. The van der Waals surface area contributed by atoms with Crippen molar-refractivity contribution in [2.75, 3.05) is 19.6 Å². The number of hydrogen-bond donors (Lipinski definition) is 3. The molecule has 0 aromatic heterocycles. The number of amides is 1. The van der Waals surface area contributed by atoms with Gasteiger partial charge < -0.3 is 20.4 Å². The second kappa shape index (κ2) is 8.83. The molecule has 1 aliphatic heterocycles. The maximum Gasteiger partial charge on any atom is 0.224 e. The van der Waals surface area contributed by atoms with Crippen molar-refractivity contribution in [2.45, 2.75) is 25.3 Å². The van der Waals surface area contributed by atoms with Crippen LogP contribution in [-0.4, -0.2) is 40.7 Å². The van der Waals surface area contributed by atoms with Crippen molar-refractivity contribution in [2.24, 2.45) is 0 Å². The molecular weight excluding hydrogens is 387 g/mol. The Morgan fingerprint density at radius 3 is 2.44 bits per heavy atom. The Bertz CT molecular complexity index is 823. The number of benzene rings is 2. The highest BCUT2D eigenvalue weighted by Gasteiger charge is 2.22. The summed E-state index contributed by atoms with van der Waals surface area (Å²) < 4.78 is 0. The summed E-state index contributed by atoms with van der Waals surface area (Å²) in [6.45, 7) is 2.63. The molecule has 1 saturated heterocycles. The van der Waals surface area contributed by atoms with Gasteiger partial charge in [-0.25, -0.2) is 0 Å². The fourth-order valence-electron chi connectivity index (χ4n) is 3.30. The van der Waals surface area contributed by atoms with E-state index in [1.807, 2.05) is 0 Å². The lowest BCUT2D eigenvalue weighted by Crippen LogP contribution is -2.37. The van der Waals surface area contributed by atoms with Crippen molar-refractivity contribution >= 4 is 29.1 Å². The zero-order valence-electron chi connectivity index (χ0n) is 14.8. The minimum atomic E-state index is -0.287. The Kier molecular flexibility index (Phi) is 6.47. The van der Waals surface area contributed by atoms with E-state index in [1.54, 1.807) is 24.3 Å². The summed E-state index contributed by atoms with van der Waals surface area (Å²) in [6, 6.07) is 9.50. The number of likely N-dealkylation sites (tertiary alicyclic amines) is 1. The highest BCUT2D eigenvalue weighted by atomic mass is 35.5. The number of hydrogen-bond acceptors (Lipinski definition) is 4. The van der Waals surface area contributed by atoms with E-state index < -0.39 is 0 Å². The highest BCUT2D eigenvalue weighted by Crippen LogP contribution is 2.29. The molecule has 0 spiro atoms. The number of halogens is 2. The van der Waals surface area contributed by atoms with Crippen molar-refractivity contribution in [3.05, 3.63) is 57.6 Å². The molecule has 0 radical (unpaired) electrons. The maximum atomic E-state index is 12.6. The van der Waals surface area contributed by atoms with Gasteiger partial charge in [0.2, 0.25) is 5.91 Å². The van der Waals surface area contributed by atoms with E-state index in [9.17, 15) is 15.0 Å². The number of rotatable bonds is 6. The van der Waals surface area contributed by atoms with Gasteiger partial charge in [-0.1, -0.05) is 35.3 Å². The molecule has 5 nitrogen and oxygen atoms in total. The van der Waals surface area contributed by atoms with Gasteiger partial charge in [0.25, 0.3) is 0 Å². The van der Waals surface area contributed by atoms with Gasteiger partial charge in [0.05, 0.1) is 22.5 Å². The van der Waals surface area contributed by atoms with Crippen molar-refractivity contribution in [1.29, 1.82) is 0 Å². The Labute approximate surface area is 168 Å². The van der Waals surface area contributed by atoms with Crippen LogP contribution in [0, 0.1) is 0 Å². The van der Waals surface area contributed by atoms with Gasteiger partial charge >= 0.3 is 0 Å². The molecule has 1 aliphatic rings. The average molecular weight is 409 g/mol. The molecule has 0 bridgehead atoms. The third kappa shape index (κ3) is 5.28. The van der Waals surface area contributed by atoms with Gasteiger partial charge in [0.15, 0.2) is 11.5 Å². The first kappa shape index (κ1) is 19.8. The zero-order valence-corrected chi connectivity index (χ0v) is 16.3.